The Hall–Kier alpha value is -3.97. The number of hydrogen-bond donors (Lipinski definition) is 0. The van der Waals surface area contributed by atoms with Gasteiger partial charge in [0.25, 0.3) is 0 Å². The highest BCUT2D eigenvalue weighted by molar-refractivity contribution is 6.14. The molecule has 0 radical (unpaired) electrons. The standard InChI is InChI=1S/C36H34FN2O/c1-21-12-14-29-30-15-13-24(19-38)34(36(30)40-35(29)33(21)32-18-22(2)31(37)20-39(32)3)28-17-16-25(23-8-5-4-6-9-23)26-10-7-11-27(26)28/h12-18,20,23H,4-11H2,1-3H3/q+1. The molecule has 0 spiro atoms. The molecule has 2 aliphatic carbocycles. The first-order valence-electron chi connectivity index (χ1n) is 14.7. The van der Waals surface area contributed by atoms with Crippen LogP contribution in [0.3, 0.4) is 0 Å². The number of furan rings is 1. The number of nitrogens with zero attached hydrogens (tertiary/aromatic N) is 2. The second kappa shape index (κ2) is 9.59. The van der Waals surface area contributed by atoms with Crippen LogP contribution in [0.5, 0.6) is 0 Å². The van der Waals surface area contributed by atoms with Gasteiger partial charge in [-0.15, -0.1) is 0 Å². The molecule has 2 heterocycles. The molecule has 0 unspecified atom stereocenters. The fourth-order valence-electron chi connectivity index (χ4n) is 7.41. The van der Waals surface area contributed by atoms with E-state index >= 15 is 0 Å². The van der Waals surface area contributed by atoms with E-state index in [2.05, 4.69) is 37.3 Å². The molecule has 2 aliphatic rings. The molecule has 40 heavy (non-hydrogen) atoms. The fraction of sp³-hybridized carbons (Fsp3) is 0.333. The Kier molecular flexibility index (Phi) is 6.00. The molecule has 0 aliphatic heterocycles. The molecule has 3 nitrogen and oxygen atoms in total. The lowest BCUT2D eigenvalue weighted by Gasteiger charge is -2.25. The fourth-order valence-corrected chi connectivity index (χ4v) is 7.41. The third kappa shape index (κ3) is 3.79. The molecule has 4 heteroatoms. The number of fused-ring (bicyclic) bond motifs is 4. The maximum atomic E-state index is 14.4. The van der Waals surface area contributed by atoms with Crippen molar-refractivity contribution >= 4 is 21.9 Å². The van der Waals surface area contributed by atoms with E-state index in [9.17, 15) is 9.65 Å². The lowest BCUT2D eigenvalue weighted by atomic mass is 9.80. The molecule has 5 aromatic rings. The summed E-state index contributed by atoms with van der Waals surface area (Å²) in [5.74, 6) is 0.435. The highest BCUT2D eigenvalue weighted by Gasteiger charge is 2.28. The second-order valence-electron chi connectivity index (χ2n) is 11.9. The van der Waals surface area contributed by atoms with Crippen molar-refractivity contribution in [3.05, 3.63) is 87.9 Å². The second-order valence-corrected chi connectivity index (χ2v) is 11.9. The Morgan fingerprint density at radius 2 is 1.57 bits per heavy atom. The van der Waals surface area contributed by atoms with Gasteiger partial charge in [0.05, 0.1) is 17.2 Å². The van der Waals surface area contributed by atoms with Crippen molar-refractivity contribution < 1.29 is 13.4 Å². The summed E-state index contributed by atoms with van der Waals surface area (Å²) in [4.78, 5) is 0. The number of halogens is 1. The number of benzene rings is 3. The SMILES string of the molecule is Cc1cc(-c2c(C)ccc3c2oc2c(-c4ccc(C5CCCCC5)c5c4CCC5)c(C#N)ccc23)[n+](C)cc1F. The van der Waals surface area contributed by atoms with Gasteiger partial charge < -0.3 is 4.42 Å². The topological polar surface area (TPSA) is 40.8 Å². The van der Waals surface area contributed by atoms with Gasteiger partial charge in [0.15, 0.2) is 5.82 Å². The quantitative estimate of drug-likeness (QED) is 0.219. The van der Waals surface area contributed by atoms with E-state index in [0.29, 0.717) is 17.0 Å². The molecular formula is C36H34FN2O+. The maximum absolute atomic E-state index is 14.4. The van der Waals surface area contributed by atoms with Crippen LogP contribution in [-0.4, -0.2) is 0 Å². The van der Waals surface area contributed by atoms with Gasteiger partial charge in [-0.2, -0.15) is 9.83 Å². The van der Waals surface area contributed by atoms with Crippen molar-refractivity contribution in [1.29, 1.82) is 5.26 Å². The maximum Gasteiger partial charge on any atom is 0.216 e. The Labute approximate surface area is 234 Å². The zero-order valence-electron chi connectivity index (χ0n) is 23.5. The Balaban J connectivity index is 1.50. The van der Waals surface area contributed by atoms with Crippen LogP contribution >= 0.6 is 0 Å². The summed E-state index contributed by atoms with van der Waals surface area (Å²) in [5, 5.41) is 12.3. The predicted octanol–water partition coefficient (Wildman–Crippen LogP) is 8.91. The van der Waals surface area contributed by atoms with Crippen molar-refractivity contribution in [2.45, 2.75) is 71.1 Å². The Bertz CT molecular complexity index is 1870. The first kappa shape index (κ1) is 25.0. The zero-order valence-corrected chi connectivity index (χ0v) is 23.5. The monoisotopic (exact) mass is 529 g/mol. The van der Waals surface area contributed by atoms with Crippen LogP contribution in [0.1, 0.15) is 77.8 Å². The third-order valence-corrected chi connectivity index (χ3v) is 9.45. The minimum atomic E-state index is -0.229. The molecule has 200 valence electrons. The summed E-state index contributed by atoms with van der Waals surface area (Å²) < 4.78 is 23.0. The van der Waals surface area contributed by atoms with Crippen molar-refractivity contribution in [3.8, 4) is 28.5 Å². The minimum Gasteiger partial charge on any atom is -0.454 e. The van der Waals surface area contributed by atoms with Crippen molar-refractivity contribution in [3.63, 3.8) is 0 Å². The van der Waals surface area contributed by atoms with Gasteiger partial charge in [-0.25, -0.2) is 4.39 Å². The van der Waals surface area contributed by atoms with Crippen molar-refractivity contribution in [2.24, 2.45) is 7.05 Å². The van der Waals surface area contributed by atoms with Crippen LogP contribution < -0.4 is 4.57 Å². The largest absolute Gasteiger partial charge is 0.454 e. The number of hydrogen-bond acceptors (Lipinski definition) is 2. The van der Waals surface area contributed by atoms with Crippen LogP contribution in [0.25, 0.3) is 44.3 Å². The lowest BCUT2D eigenvalue weighted by molar-refractivity contribution is -0.662. The predicted molar refractivity (Wildman–Crippen MR) is 158 cm³/mol. The Morgan fingerprint density at radius 1 is 0.850 bits per heavy atom. The number of pyridine rings is 1. The zero-order chi connectivity index (χ0) is 27.5. The highest BCUT2D eigenvalue weighted by Crippen LogP contribution is 2.46. The molecular weight excluding hydrogens is 495 g/mol. The van der Waals surface area contributed by atoms with Crippen LogP contribution in [-0.2, 0) is 19.9 Å². The number of aromatic nitrogens is 1. The van der Waals surface area contributed by atoms with E-state index in [1.807, 2.05) is 29.8 Å². The molecule has 2 aromatic heterocycles. The molecule has 0 atom stereocenters. The normalized spacial score (nSPS) is 15.6. The summed E-state index contributed by atoms with van der Waals surface area (Å²) in [7, 11) is 1.87. The van der Waals surface area contributed by atoms with Crippen molar-refractivity contribution in [2.75, 3.05) is 0 Å². The number of nitriles is 1. The van der Waals surface area contributed by atoms with Gasteiger partial charge in [-0.3, -0.25) is 0 Å². The molecule has 0 N–H and O–H groups in total. The summed E-state index contributed by atoms with van der Waals surface area (Å²) in [6.07, 6.45) is 11.4. The van der Waals surface area contributed by atoms with E-state index < -0.39 is 0 Å². The first-order valence-corrected chi connectivity index (χ1v) is 14.7. The summed E-state index contributed by atoms with van der Waals surface area (Å²) in [6.45, 7) is 3.86. The molecule has 0 bridgehead atoms. The molecule has 7 rings (SSSR count). The van der Waals surface area contributed by atoms with E-state index in [0.717, 1.165) is 69.1 Å². The van der Waals surface area contributed by atoms with Gasteiger partial charge in [0.2, 0.25) is 11.9 Å². The summed E-state index contributed by atoms with van der Waals surface area (Å²) >= 11 is 0. The molecule has 1 saturated carbocycles. The smallest absolute Gasteiger partial charge is 0.216 e. The van der Waals surface area contributed by atoms with Crippen molar-refractivity contribution in [1.82, 2.24) is 0 Å². The van der Waals surface area contributed by atoms with Gasteiger partial charge in [-0.1, -0.05) is 43.5 Å². The van der Waals surface area contributed by atoms with Gasteiger partial charge in [0, 0.05) is 22.4 Å². The van der Waals surface area contributed by atoms with Crippen LogP contribution in [0.2, 0.25) is 0 Å². The first-order chi connectivity index (χ1) is 19.5. The molecule has 3 aromatic carbocycles. The van der Waals surface area contributed by atoms with E-state index in [1.165, 1.54) is 49.4 Å². The average molecular weight is 530 g/mol. The van der Waals surface area contributed by atoms with Gasteiger partial charge >= 0.3 is 0 Å². The van der Waals surface area contributed by atoms with E-state index in [1.54, 1.807) is 12.5 Å². The molecule has 1 fully saturated rings. The molecule has 0 saturated heterocycles. The molecule has 0 amide bonds. The average Bonchev–Trinajstić information content (AvgIpc) is 3.60. The third-order valence-electron chi connectivity index (χ3n) is 9.45. The van der Waals surface area contributed by atoms with Crippen LogP contribution in [0.15, 0.2) is 53.1 Å². The van der Waals surface area contributed by atoms with Gasteiger partial charge in [-0.05, 0) is 97.4 Å². The Morgan fingerprint density at radius 3 is 2.35 bits per heavy atom. The van der Waals surface area contributed by atoms with Gasteiger partial charge in [0.1, 0.15) is 18.2 Å². The highest BCUT2D eigenvalue weighted by atomic mass is 19.1. The van der Waals surface area contributed by atoms with Crippen LogP contribution in [0.4, 0.5) is 4.39 Å². The number of rotatable bonds is 3. The van der Waals surface area contributed by atoms with Crippen LogP contribution in [0, 0.1) is 31.0 Å². The number of aryl methyl sites for hydroxylation is 3. The summed E-state index contributed by atoms with van der Waals surface area (Å²) in [5.41, 5.74) is 12.2. The minimum absolute atomic E-state index is 0.229. The van der Waals surface area contributed by atoms with E-state index in [4.69, 9.17) is 4.42 Å². The van der Waals surface area contributed by atoms with E-state index in [-0.39, 0.29) is 5.82 Å². The summed E-state index contributed by atoms with van der Waals surface area (Å²) in [6, 6.07) is 17.2. The lowest BCUT2D eigenvalue weighted by Crippen LogP contribution is -2.31.